The van der Waals surface area contributed by atoms with Crippen LogP contribution in [0.1, 0.15) is 23.2 Å². The number of hydrogen-bond acceptors (Lipinski definition) is 3. The van der Waals surface area contributed by atoms with Crippen molar-refractivity contribution in [3.8, 4) is 0 Å². The van der Waals surface area contributed by atoms with E-state index in [4.69, 9.17) is 11.6 Å². The van der Waals surface area contributed by atoms with Gasteiger partial charge in [-0.2, -0.15) is 0 Å². The molecule has 1 aromatic carbocycles. The van der Waals surface area contributed by atoms with Crippen LogP contribution in [0.3, 0.4) is 0 Å². The van der Waals surface area contributed by atoms with Crippen LogP contribution in [0, 0.1) is 5.92 Å². The topological polar surface area (TPSA) is 45.2 Å². The van der Waals surface area contributed by atoms with Crippen molar-refractivity contribution in [1.29, 1.82) is 0 Å². The van der Waals surface area contributed by atoms with Crippen LogP contribution in [0.5, 0.6) is 0 Å². The second-order valence-electron chi connectivity index (χ2n) is 5.98. The minimum Gasteiger partial charge on any atom is -0.370 e. The standard InChI is InChI=1S/C18H19BrClN3O/c19-14-3-4-17(20)16(10-14)18(24)22-11-13-5-8-23(9-6-13)15-2-1-7-21-12-15/h1-4,7,10,12-13H,5-6,8-9,11H2,(H,22,24). The lowest BCUT2D eigenvalue weighted by molar-refractivity contribution is 0.0945. The molecule has 0 saturated carbocycles. The third kappa shape index (κ3) is 4.28. The first kappa shape index (κ1) is 17.2. The van der Waals surface area contributed by atoms with E-state index in [0.717, 1.165) is 30.4 Å². The molecule has 1 aromatic heterocycles. The predicted molar refractivity (Wildman–Crippen MR) is 101 cm³/mol. The number of aromatic nitrogens is 1. The number of anilines is 1. The van der Waals surface area contributed by atoms with Gasteiger partial charge in [0.1, 0.15) is 0 Å². The molecule has 1 amide bonds. The normalized spacial score (nSPS) is 15.3. The lowest BCUT2D eigenvalue weighted by Gasteiger charge is -2.33. The summed E-state index contributed by atoms with van der Waals surface area (Å²) in [5.41, 5.74) is 1.68. The van der Waals surface area contributed by atoms with Crippen LogP contribution in [0.15, 0.2) is 47.2 Å². The first-order chi connectivity index (χ1) is 11.6. The molecule has 1 fully saturated rings. The highest BCUT2D eigenvalue weighted by Crippen LogP contribution is 2.23. The third-order valence-corrected chi connectivity index (χ3v) is 5.17. The highest BCUT2D eigenvalue weighted by atomic mass is 79.9. The summed E-state index contributed by atoms with van der Waals surface area (Å²) in [6.45, 7) is 2.66. The van der Waals surface area contributed by atoms with Crippen molar-refractivity contribution in [3.63, 3.8) is 0 Å². The van der Waals surface area contributed by atoms with Crippen LogP contribution >= 0.6 is 27.5 Å². The fourth-order valence-corrected chi connectivity index (χ4v) is 3.50. The van der Waals surface area contributed by atoms with Gasteiger partial charge in [0.05, 0.1) is 22.5 Å². The van der Waals surface area contributed by atoms with Crippen LogP contribution in [-0.2, 0) is 0 Å². The molecule has 1 aliphatic rings. The Morgan fingerprint density at radius 1 is 1.33 bits per heavy atom. The van der Waals surface area contributed by atoms with Crippen LogP contribution in [0.4, 0.5) is 5.69 Å². The summed E-state index contributed by atoms with van der Waals surface area (Å²) in [6, 6.07) is 9.36. The summed E-state index contributed by atoms with van der Waals surface area (Å²) in [7, 11) is 0. The fourth-order valence-electron chi connectivity index (χ4n) is 2.94. The quantitative estimate of drug-likeness (QED) is 0.827. The van der Waals surface area contributed by atoms with Crippen LogP contribution in [0.25, 0.3) is 0 Å². The highest BCUT2D eigenvalue weighted by Gasteiger charge is 2.20. The van der Waals surface area contributed by atoms with E-state index in [1.54, 1.807) is 18.3 Å². The average Bonchev–Trinajstić information content (AvgIpc) is 2.63. The number of benzene rings is 1. The molecule has 1 aliphatic heterocycles. The molecule has 0 bridgehead atoms. The summed E-state index contributed by atoms with van der Waals surface area (Å²) in [5.74, 6) is 0.379. The maximum Gasteiger partial charge on any atom is 0.252 e. The Labute approximate surface area is 155 Å². The van der Waals surface area contributed by atoms with Crippen molar-refractivity contribution in [2.75, 3.05) is 24.5 Å². The zero-order valence-corrected chi connectivity index (χ0v) is 15.6. The number of rotatable bonds is 4. The monoisotopic (exact) mass is 407 g/mol. The molecule has 0 aliphatic carbocycles. The second kappa shape index (κ2) is 7.99. The van der Waals surface area contributed by atoms with Gasteiger partial charge in [0.15, 0.2) is 0 Å². The van der Waals surface area contributed by atoms with Crippen LogP contribution < -0.4 is 10.2 Å². The summed E-state index contributed by atoms with van der Waals surface area (Å²) in [6.07, 6.45) is 5.80. The van der Waals surface area contributed by atoms with Crippen LogP contribution in [0.2, 0.25) is 5.02 Å². The molecule has 2 heterocycles. The van der Waals surface area contributed by atoms with Gasteiger partial charge in [0.2, 0.25) is 0 Å². The van der Waals surface area contributed by atoms with Crippen molar-refractivity contribution in [3.05, 3.63) is 57.8 Å². The van der Waals surface area contributed by atoms with Gasteiger partial charge < -0.3 is 10.2 Å². The summed E-state index contributed by atoms with van der Waals surface area (Å²) in [5, 5.41) is 3.49. The molecule has 2 aromatic rings. The molecule has 0 unspecified atom stereocenters. The Hall–Kier alpha value is -1.59. The largest absolute Gasteiger partial charge is 0.370 e. The third-order valence-electron chi connectivity index (χ3n) is 4.35. The van der Waals surface area contributed by atoms with E-state index in [1.165, 1.54) is 5.69 Å². The molecule has 4 nitrogen and oxygen atoms in total. The summed E-state index contributed by atoms with van der Waals surface area (Å²) < 4.78 is 0.849. The van der Waals surface area contributed by atoms with Crippen LogP contribution in [-0.4, -0.2) is 30.5 Å². The van der Waals surface area contributed by atoms with E-state index in [1.807, 2.05) is 18.3 Å². The predicted octanol–water partition coefficient (Wildman–Crippen LogP) is 4.14. The van der Waals surface area contributed by atoms with Gasteiger partial charge >= 0.3 is 0 Å². The van der Waals surface area contributed by atoms with E-state index in [9.17, 15) is 4.79 Å². The molecule has 0 radical (unpaired) electrons. The molecule has 0 atom stereocenters. The molecular weight excluding hydrogens is 390 g/mol. The van der Waals surface area contributed by atoms with Crippen molar-refractivity contribution < 1.29 is 4.79 Å². The number of carbonyl (C=O) groups is 1. The number of pyridine rings is 1. The van der Waals surface area contributed by atoms with Gasteiger partial charge in [-0.05, 0) is 49.1 Å². The Morgan fingerprint density at radius 3 is 2.83 bits per heavy atom. The maximum atomic E-state index is 12.3. The molecule has 0 spiro atoms. The SMILES string of the molecule is O=C(NCC1CCN(c2cccnc2)CC1)c1cc(Br)ccc1Cl. The highest BCUT2D eigenvalue weighted by molar-refractivity contribution is 9.10. The Balaban J connectivity index is 1.50. The molecule has 3 rings (SSSR count). The van der Waals surface area contributed by atoms with Crippen molar-refractivity contribution in [2.45, 2.75) is 12.8 Å². The van der Waals surface area contributed by atoms with Gasteiger partial charge in [-0.1, -0.05) is 27.5 Å². The maximum absolute atomic E-state index is 12.3. The van der Waals surface area contributed by atoms with Gasteiger partial charge in [-0.15, -0.1) is 0 Å². The number of carbonyl (C=O) groups excluding carboxylic acids is 1. The Bertz CT molecular complexity index is 703. The zero-order valence-electron chi connectivity index (χ0n) is 13.2. The molecule has 24 heavy (non-hydrogen) atoms. The smallest absolute Gasteiger partial charge is 0.252 e. The Kier molecular flexibility index (Phi) is 5.74. The van der Waals surface area contributed by atoms with Crippen molar-refractivity contribution in [1.82, 2.24) is 10.3 Å². The lowest BCUT2D eigenvalue weighted by Crippen LogP contribution is -2.38. The molecule has 1 saturated heterocycles. The number of hydrogen-bond donors (Lipinski definition) is 1. The first-order valence-corrected chi connectivity index (χ1v) is 9.19. The van der Waals surface area contributed by atoms with Crippen molar-refractivity contribution in [2.24, 2.45) is 5.92 Å². The average molecular weight is 409 g/mol. The molecular formula is C18H19BrClN3O. The summed E-state index contributed by atoms with van der Waals surface area (Å²) in [4.78, 5) is 18.8. The number of halogens is 2. The van der Waals surface area contributed by atoms with E-state index in [-0.39, 0.29) is 5.91 Å². The fraction of sp³-hybridized carbons (Fsp3) is 0.333. The number of piperidine rings is 1. The second-order valence-corrected chi connectivity index (χ2v) is 7.30. The van der Waals surface area contributed by atoms with E-state index in [0.29, 0.717) is 23.0 Å². The van der Waals surface area contributed by atoms with Crippen molar-refractivity contribution >= 4 is 39.1 Å². The van der Waals surface area contributed by atoms with E-state index < -0.39 is 0 Å². The van der Waals surface area contributed by atoms with Gasteiger partial charge in [-0.3, -0.25) is 9.78 Å². The molecule has 126 valence electrons. The molecule has 1 N–H and O–H groups in total. The zero-order chi connectivity index (χ0) is 16.9. The minimum absolute atomic E-state index is 0.115. The lowest BCUT2D eigenvalue weighted by atomic mass is 9.96. The summed E-state index contributed by atoms with van der Waals surface area (Å²) >= 11 is 9.48. The number of nitrogens with one attached hydrogen (secondary N) is 1. The van der Waals surface area contributed by atoms with E-state index >= 15 is 0 Å². The first-order valence-electron chi connectivity index (χ1n) is 8.01. The Morgan fingerprint density at radius 2 is 2.12 bits per heavy atom. The number of nitrogens with zero attached hydrogens (tertiary/aromatic N) is 2. The van der Waals surface area contributed by atoms with E-state index in [2.05, 4.69) is 37.2 Å². The van der Waals surface area contributed by atoms with Gasteiger partial charge in [0.25, 0.3) is 5.91 Å². The van der Waals surface area contributed by atoms with Gasteiger partial charge in [-0.25, -0.2) is 0 Å². The van der Waals surface area contributed by atoms with Gasteiger partial charge in [0, 0.05) is 30.3 Å². The molecule has 6 heteroatoms. The minimum atomic E-state index is -0.115. The number of amides is 1.